The zero-order valence-corrected chi connectivity index (χ0v) is 18.3. The van der Waals surface area contributed by atoms with Crippen LogP contribution in [0.15, 0.2) is 41.5 Å². The molecule has 3 rings (SSSR count). The topological polar surface area (TPSA) is 86.2 Å². The van der Waals surface area contributed by atoms with Crippen LogP contribution in [0.25, 0.3) is 0 Å². The van der Waals surface area contributed by atoms with Crippen molar-refractivity contribution in [1.82, 2.24) is 15.6 Å². The van der Waals surface area contributed by atoms with Crippen molar-refractivity contribution in [2.75, 3.05) is 34.2 Å². The molecular weight excluding hydrogens is 475 g/mol. The lowest BCUT2D eigenvalue weighted by Crippen LogP contribution is -2.36. The number of methoxy groups -OCH3 is 1. The fraction of sp³-hybridized carbons (Fsp3) is 0.368. The molecular formula is C19H25IN4O4. The normalized spacial score (nSPS) is 12.3. The Morgan fingerprint density at radius 3 is 2.79 bits per heavy atom. The van der Waals surface area contributed by atoms with Crippen LogP contribution in [0.4, 0.5) is 0 Å². The van der Waals surface area contributed by atoms with Gasteiger partial charge < -0.3 is 29.6 Å². The molecule has 0 unspecified atom stereocenters. The van der Waals surface area contributed by atoms with E-state index in [0.717, 1.165) is 22.6 Å². The van der Waals surface area contributed by atoms with Gasteiger partial charge >= 0.3 is 0 Å². The van der Waals surface area contributed by atoms with Crippen LogP contribution in [0.5, 0.6) is 17.4 Å². The predicted molar refractivity (Wildman–Crippen MR) is 117 cm³/mol. The number of nitrogens with one attached hydrogen (secondary N) is 2. The van der Waals surface area contributed by atoms with Crippen LogP contribution in [0.1, 0.15) is 11.1 Å². The number of pyridine rings is 1. The number of halogens is 1. The minimum absolute atomic E-state index is 0. The Morgan fingerprint density at radius 1 is 1.14 bits per heavy atom. The summed E-state index contributed by atoms with van der Waals surface area (Å²) < 4.78 is 21.4. The molecule has 0 radical (unpaired) electrons. The Morgan fingerprint density at radius 2 is 1.96 bits per heavy atom. The first-order valence-electron chi connectivity index (χ1n) is 8.69. The fourth-order valence-corrected chi connectivity index (χ4v) is 2.55. The molecule has 0 spiro atoms. The third-order valence-corrected chi connectivity index (χ3v) is 3.94. The van der Waals surface area contributed by atoms with Gasteiger partial charge in [-0.2, -0.15) is 0 Å². The first-order chi connectivity index (χ1) is 13.3. The number of hydrogen-bond donors (Lipinski definition) is 2. The van der Waals surface area contributed by atoms with Gasteiger partial charge in [0, 0.05) is 39.0 Å². The van der Waals surface area contributed by atoms with E-state index in [1.807, 2.05) is 30.3 Å². The summed E-state index contributed by atoms with van der Waals surface area (Å²) in [6, 6.07) is 9.72. The van der Waals surface area contributed by atoms with Gasteiger partial charge in [0.15, 0.2) is 17.5 Å². The van der Waals surface area contributed by atoms with E-state index in [9.17, 15) is 0 Å². The van der Waals surface area contributed by atoms with Crippen molar-refractivity contribution in [3.8, 4) is 17.4 Å². The highest BCUT2D eigenvalue weighted by atomic mass is 127. The number of hydrogen-bond acceptors (Lipinski definition) is 6. The summed E-state index contributed by atoms with van der Waals surface area (Å²) in [4.78, 5) is 8.53. The number of ether oxygens (including phenoxy) is 4. The van der Waals surface area contributed by atoms with Crippen molar-refractivity contribution in [1.29, 1.82) is 0 Å². The van der Waals surface area contributed by atoms with E-state index in [-0.39, 0.29) is 30.8 Å². The van der Waals surface area contributed by atoms with Crippen LogP contribution in [0.2, 0.25) is 0 Å². The molecule has 0 saturated carbocycles. The molecule has 0 bridgehead atoms. The fourth-order valence-electron chi connectivity index (χ4n) is 2.55. The molecule has 8 nitrogen and oxygen atoms in total. The van der Waals surface area contributed by atoms with Crippen molar-refractivity contribution in [2.45, 2.75) is 13.1 Å². The molecule has 0 aliphatic carbocycles. The average Bonchev–Trinajstić information content (AvgIpc) is 3.17. The number of fused-ring (bicyclic) bond motifs is 1. The molecule has 1 aliphatic rings. The number of benzene rings is 1. The SMILES string of the molecule is CN=C(NCc1ccc2c(c1)OCO2)NCc1cccnc1OCCOC.I. The molecule has 28 heavy (non-hydrogen) atoms. The van der Waals surface area contributed by atoms with Crippen LogP contribution in [-0.4, -0.2) is 45.1 Å². The summed E-state index contributed by atoms with van der Waals surface area (Å²) in [5.41, 5.74) is 2.02. The maximum absolute atomic E-state index is 5.65. The van der Waals surface area contributed by atoms with Gasteiger partial charge in [-0.15, -0.1) is 24.0 Å². The molecule has 0 fully saturated rings. The highest BCUT2D eigenvalue weighted by Crippen LogP contribution is 2.32. The Kier molecular flexibility index (Phi) is 9.08. The molecule has 0 atom stereocenters. The van der Waals surface area contributed by atoms with E-state index in [1.54, 1.807) is 20.4 Å². The summed E-state index contributed by atoms with van der Waals surface area (Å²) in [5.74, 6) is 2.82. The zero-order chi connectivity index (χ0) is 18.9. The Labute approximate surface area is 181 Å². The second-order valence-electron chi connectivity index (χ2n) is 5.78. The summed E-state index contributed by atoms with van der Waals surface area (Å²) >= 11 is 0. The standard InChI is InChI=1S/C19H24N4O4.HI/c1-20-19(22-11-14-5-6-16-17(10-14)27-13-26-16)23-12-15-4-3-7-21-18(15)25-9-8-24-2;/h3-7,10H,8-9,11-13H2,1-2H3,(H2,20,22,23);1H. The van der Waals surface area contributed by atoms with Gasteiger partial charge in [0.25, 0.3) is 0 Å². The summed E-state index contributed by atoms with van der Waals surface area (Å²) in [6.45, 7) is 2.40. The Balaban J connectivity index is 0.00000280. The number of aliphatic imine (C=N–C) groups is 1. The molecule has 152 valence electrons. The van der Waals surface area contributed by atoms with Crippen LogP contribution < -0.4 is 24.8 Å². The molecule has 9 heteroatoms. The smallest absolute Gasteiger partial charge is 0.231 e. The largest absolute Gasteiger partial charge is 0.475 e. The summed E-state index contributed by atoms with van der Waals surface area (Å²) in [7, 11) is 3.37. The lowest BCUT2D eigenvalue weighted by atomic mass is 10.2. The Hall–Kier alpha value is -2.27. The van der Waals surface area contributed by atoms with E-state index in [1.165, 1.54) is 0 Å². The monoisotopic (exact) mass is 500 g/mol. The Bertz CT molecular complexity index is 788. The van der Waals surface area contributed by atoms with Crippen molar-refractivity contribution in [2.24, 2.45) is 4.99 Å². The van der Waals surface area contributed by atoms with Crippen molar-refractivity contribution in [3.05, 3.63) is 47.7 Å². The first-order valence-corrected chi connectivity index (χ1v) is 8.69. The van der Waals surface area contributed by atoms with Gasteiger partial charge in [0.2, 0.25) is 12.7 Å². The second-order valence-corrected chi connectivity index (χ2v) is 5.78. The number of nitrogens with zero attached hydrogens (tertiary/aromatic N) is 2. The summed E-state index contributed by atoms with van der Waals surface area (Å²) in [5, 5.41) is 6.55. The van der Waals surface area contributed by atoms with Gasteiger partial charge in [-0.05, 0) is 23.8 Å². The predicted octanol–water partition coefficient (Wildman–Crippen LogP) is 2.32. The lowest BCUT2D eigenvalue weighted by molar-refractivity contribution is 0.143. The molecule has 1 aromatic carbocycles. The first kappa shape index (κ1) is 22.0. The maximum Gasteiger partial charge on any atom is 0.231 e. The zero-order valence-electron chi connectivity index (χ0n) is 15.9. The highest BCUT2D eigenvalue weighted by molar-refractivity contribution is 14.0. The van der Waals surface area contributed by atoms with Gasteiger partial charge in [0.05, 0.1) is 6.61 Å². The quantitative estimate of drug-likeness (QED) is 0.249. The number of rotatable bonds is 8. The van der Waals surface area contributed by atoms with E-state index in [4.69, 9.17) is 18.9 Å². The van der Waals surface area contributed by atoms with Gasteiger partial charge in [-0.3, -0.25) is 4.99 Å². The third kappa shape index (κ3) is 6.13. The molecule has 0 amide bonds. The van der Waals surface area contributed by atoms with Gasteiger partial charge in [-0.25, -0.2) is 4.98 Å². The summed E-state index contributed by atoms with van der Waals surface area (Å²) in [6.07, 6.45) is 1.71. The lowest BCUT2D eigenvalue weighted by Gasteiger charge is -2.14. The molecule has 2 aromatic rings. The molecule has 1 aromatic heterocycles. The molecule has 0 saturated heterocycles. The van der Waals surface area contributed by atoms with E-state index in [0.29, 0.717) is 38.1 Å². The van der Waals surface area contributed by atoms with Crippen molar-refractivity contribution >= 4 is 29.9 Å². The van der Waals surface area contributed by atoms with Crippen LogP contribution >= 0.6 is 24.0 Å². The molecule has 2 heterocycles. The van der Waals surface area contributed by atoms with E-state index >= 15 is 0 Å². The van der Waals surface area contributed by atoms with E-state index in [2.05, 4.69) is 20.6 Å². The van der Waals surface area contributed by atoms with E-state index < -0.39 is 0 Å². The third-order valence-electron chi connectivity index (χ3n) is 3.94. The molecule has 1 aliphatic heterocycles. The van der Waals surface area contributed by atoms with Crippen molar-refractivity contribution < 1.29 is 18.9 Å². The van der Waals surface area contributed by atoms with Gasteiger partial charge in [0.1, 0.15) is 6.61 Å². The minimum atomic E-state index is 0. The average molecular weight is 500 g/mol. The second kappa shape index (κ2) is 11.5. The van der Waals surface area contributed by atoms with Crippen LogP contribution in [0.3, 0.4) is 0 Å². The van der Waals surface area contributed by atoms with Crippen molar-refractivity contribution in [3.63, 3.8) is 0 Å². The molecule has 2 N–H and O–H groups in total. The van der Waals surface area contributed by atoms with Gasteiger partial charge in [-0.1, -0.05) is 12.1 Å². The highest BCUT2D eigenvalue weighted by Gasteiger charge is 2.13. The van der Waals surface area contributed by atoms with Crippen LogP contribution in [-0.2, 0) is 17.8 Å². The number of aromatic nitrogens is 1. The number of guanidine groups is 1. The van der Waals surface area contributed by atoms with Crippen LogP contribution in [0, 0.1) is 0 Å². The maximum atomic E-state index is 5.65. The minimum Gasteiger partial charge on any atom is -0.475 e.